The van der Waals surface area contributed by atoms with E-state index < -0.39 is 0 Å². The molecule has 1 N–H and O–H groups in total. The molecule has 3 nitrogen and oxygen atoms in total. The summed E-state index contributed by atoms with van der Waals surface area (Å²) in [6.07, 6.45) is 0. The fourth-order valence-electron chi connectivity index (χ4n) is 1.65. The van der Waals surface area contributed by atoms with Gasteiger partial charge in [0.25, 0.3) is 0 Å². The van der Waals surface area contributed by atoms with Gasteiger partial charge in [-0.1, -0.05) is 22.9 Å². The van der Waals surface area contributed by atoms with Crippen molar-refractivity contribution in [3.05, 3.63) is 44.3 Å². The predicted octanol–water partition coefficient (Wildman–Crippen LogP) is 3.90. The molecule has 19 heavy (non-hydrogen) atoms. The molecular formula is C14H17BrN2OS. The van der Waals surface area contributed by atoms with Crippen molar-refractivity contribution in [3.63, 3.8) is 0 Å². The molecule has 1 aromatic carbocycles. The van der Waals surface area contributed by atoms with Gasteiger partial charge < -0.3 is 10.1 Å². The van der Waals surface area contributed by atoms with Crippen molar-refractivity contribution in [3.8, 4) is 5.75 Å². The van der Waals surface area contributed by atoms with E-state index >= 15 is 0 Å². The van der Waals surface area contributed by atoms with E-state index in [2.05, 4.69) is 39.2 Å². The van der Waals surface area contributed by atoms with Crippen LogP contribution in [0.4, 0.5) is 0 Å². The number of aromatic nitrogens is 1. The fraction of sp³-hybridized carbons (Fsp3) is 0.357. The van der Waals surface area contributed by atoms with Crippen molar-refractivity contribution in [2.75, 3.05) is 6.54 Å². The smallest absolute Gasteiger partial charge is 0.140 e. The molecule has 0 fully saturated rings. The Bertz CT molecular complexity index is 542. The molecule has 0 spiro atoms. The van der Waals surface area contributed by atoms with Gasteiger partial charge in [0.15, 0.2) is 0 Å². The summed E-state index contributed by atoms with van der Waals surface area (Å²) in [4.78, 5) is 4.39. The first-order valence-electron chi connectivity index (χ1n) is 6.22. The van der Waals surface area contributed by atoms with Crippen LogP contribution in [0.1, 0.15) is 23.2 Å². The first kappa shape index (κ1) is 14.5. The molecule has 0 amide bonds. The average Bonchev–Trinajstić information content (AvgIpc) is 2.82. The summed E-state index contributed by atoms with van der Waals surface area (Å²) in [5.74, 6) is 0.879. The van der Waals surface area contributed by atoms with Crippen LogP contribution >= 0.6 is 27.3 Å². The van der Waals surface area contributed by atoms with E-state index in [1.54, 1.807) is 11.3 Å². The lowest BCUT2D eigenvalue weighted by molar-refractivity contribution is 0.305. The Morgan fingerprint density at radius 2 is 2.26 bits per heavy atom. The van der Waals surface area contributed by atoms with Crippen LogP contribution in [0.2, 0.25) is 0 Å². The monoisotopic (exact) mass is 340 g/mol. The number of benzene rings is 1. The lowest BCUT2D eigenvalue weighted by Gasteiger charge is -2.09. The van der Waals surface area contributed by atoms with Gasteiger partial charge in [-0.15, -0.1) is 11.3 Å². The fourth-order valence-corrected chi connectivity index (χ4v) is 2.72. The Balaban J connectivity index is 2.00. The SMILES string of the molecule is CCNCc1cc(OCc2nc(C)cs2)ccc1Br. The maximum absolute atomic E-state index is 5.78. The summed E-state index contributed by atoms with van der Waals surface area (Å²) in [6, 6.07) is 6.06. The first-order chi connectivity index (χ1) is 9.19. The molecule has 0 saturated carbocycles. The molecule has 1 heterocycles. The Hall–Kier alpha value is -0.910. The minimum atomic E-state index is 0.529. The van der Waals surface area contributed by atoms with Gasteiger partial charge in [-0.05, 0) is 37.2 Å². The minimum absolute atomic E-state index is 0.529. The summed E-state index contributed by atoms with van der Waals surface area (Å²) in [5, 5.41) is 6.36. The third-order valence-corrected chi connectivity index (χ3v) is 4.33. The van der Waals surface area contributed by atoms with Crippen LogP contribution in [-0.4, -0.2) is 11.5 Å². The summed E-state index contributed by atoms with van der Waals surface area (Å²) in [5.41, 5.74) is 2.25. The van der Waals surface area contributed by atoms with Gasteiger partial charge in [0.05, 0.1) is 0 Å². The normalized spacial score (nSPS) is 10.7. The highest BCUT2D eigenvalue weighted by atomic mass is 79.9. The number of ether oxygens (including phenoxy) is 1. The maximum atomic E-state index is 5.78. The Labute approximate surface area is 126 Å². The van der Waals surface area contributed by atoms with Gasteiger partial charge in [0.2, 0.25) is 0 Å². The number of thiazole rings is 1. The predicted molar refractivity (Wildman–Crippen MR) is 82.7 cm³/mol. The molecule has 0 atom stereocenters. The zero-order chi connectivity index (χ0) is 13.7. The van der Waals surface area contributed by atoms with E-state index in [1.165, 1.54) is 5.56 Å². The van der Waals surface area contributed by atoms with Gasteiger partial charge in [-0.3, -0.25) is 0 Å². The van der Waals surface area contributed by atoms with Crippen LogP contribution < -0.4 is 10.1 Å². The molecule has 0 unspecified atom stereocenters. The molecule has 0 aliphatic heterocycles. The standard InChI is InChI=1S/C14H17BrN2OS/c1-3-16-7-11-6-12(4-5-13(11)15)18-8-14-17-10(2)9-19-14/h4-6,9,16H,3,7-8H2,1-2H3. The average molecular weight is 341 g/mol. The van der Waals surface area contributed by atoms with Crippen LogP contribution in [-0.2, 0) is 13.2 Å². The molecule has 1 aromatic heterocycles. The second kappa shape index (κ2) is 7.03. The molecule has 0 bridgehead atoms. The van der Waals surface area contributed by atoms with E-state index in [0.717, 1.165) is 34.0 Å². The van der Waals surface area contributed by atoms with Crippen LogP contribution in [0.15, 0.2) is 28.1 Å². The number of hydrogen-bond donors (Lipinski definition) is 1. The van der Waals surface area contributed by atoms with Crippen molar-refractivity contribution < 1.29 is 4.74 Å². The van der Waals surface area contributed by atoms with Crippen LogP contribution in [0.5, 0.6) is 5.75 Å². The third-order valence-electron chi connectivity index (χ3n) is 2.61. The second-order valence-electron chi connectivity index (χ2n) is 4.20. The van der Waals surface area contributed by atoms with Crippen molar-refractivity contribution in [1.82, 2.24) is 10.3 Å². The van der Waals surface area contributed by atoms with Crippen molar-refractivity contribution in [1.29, 1.82) is 0 Å². The molecule has 102 valence electrons. The van der Waals surface area contributed by atoms with Crippen molar-refractivity contribution in [2.24, 2.45) is 0 Å². The van der Waals surface area contributed by atoms with Gasteiger partial charge in [0, 0.05) is 22.1 Å². The molecule has 0 saturated heterocycles. The molecule has 5 heteroatoms. The minimum Gasteiger partial charge on any atom is -0.486 e. The second-order valence-corrected chi connectivity index (χ2v) is 6.00. The Morgan fingerprint density at radius 1 is 1.42 bits per heavy atom. The molecule has 0 aliphatic rings. The largest absolute Gasteiger partial charge is 0.486 e. The highest BCUT2D eigenvalue weighted by Gasteiger charge is 2.04. The quantitative estimate of drug-likeness (QED) is 0.865. The number of nitrogens with zero attached hydrogens (tertiary/aromatic N) is 1. The lowest BCUT2D eigenvalue weighted by Crippen LogP contribution is -2.12. The molecule has 0 radical (unpaired) electrons. The number of rotatable bonds is 6. The highest BCUT2D eigenvalue weighted by Crippen LogP contribution is 2.23. The number of nitrogens with one attached hydrogen (secondary N) is 1. The van der Waals surface area contributed by atoms with Gasteiger partial charge in [0.1, 0.15) is 17.4 Å². The van der Waals surface area contributed by atoms with Crippen LogP contribution in [0.25, 0.3) is 0 Å². The first-order valence-corrected chi connectivity index (χ1v) is 7.89. The van der Waals surface area contributed by atoms with Crippen molar-refractivity contribution >= 4 is 27.3 Å². The third kappa shape index (κ3) is 4.30. The summed E-state index contributed by atoms with van der Waals surface area (Å²) < 4.78 is 6.88. The molecule has 2 aromatic rings. The summed E-state index contributed by atoms with van der Waals surface area (Å²) in [7, 11) is 0. The zero-order valence-electron chi connectivity index (χ0n) is 11.1. The Kier molecular flexibility index (Phi) is 5.36. The van der Waals surface area contributed by atoms with E-state index in [1.807, 2.05) is 24.4 Å². The van der Waals surface area contributed by atoms with E-state index in [0.29, 0.717) is 6.61 Å². The lowest BCUT2D eigenvalue weighted by atomic mass is 10.2. The topological polar surface area (TPSA) is 34.1 Å². The van der Waals surface area contributed by atoms with Gasteiger partial charge in [-0.2, -0.15) is 0 Å². The summed E-state index contributed by atoms with van der Waals surface area (Å²) in [6.45, 7) is 6.41. The Morgan fingerprint density at radius 3 is 2.95 bits per heavy atom. The highest BCUT2D eigenvalue weighted by molar-refractivity contribution is 9.10. The molecular weight excluding hydrogens is 324 g/mol. The van der Waals surface area contributed by atoms with Crippen molar-refractivity contribution in [2.45, 2.75) is 27.0 Å². The van der Waals surface area contributed by atoms with E-state index in [4.69, 9.17) is 4.74 Å². The van der Waals surface area contributed by atoms with Gasteiger partial charge in [-0.25, -0.2) is 4.98 Å². The molecule has 2 rings (SSSR count). The van der Waals surface area contributed by atoms with E-state index in [9.17, 15) is 0 Å². The van der Waals surface area contributed by atoms with Crippen LogP contribution in [0, 0.1) is 6.92 Å². The zero-order valence-corrected chi connectivity index (χ0v) is 13.5. The maximum Gasteiger partial charge on any atom is 0.140 e. The number of aryl methyl sites for hydroxylation is 1. The summed E-state index contributed by atoms with van der Waals surface area (Å²) >= 11 is 5.19. The van der Waals surface area contributed by atoms with E-state index in [-0.39, 0.29) is 0 Å². The van der Waals surface area contributed by atoms with Crippen LogP contribution in [0.3, 0.4) is 0 Å². The number of halogens is 1. The van der Waals surface area contributed by atoms with Gasteiger partial charge >= 0.3 is 0 Å². The molecule has 0 aliphatic carbocycles. The number of hydrogen-bond acceptors (Lipinski definition) is 4.